The van der Waals surface area contributed by atoms with Gasteiger partial charge in [0.25, 0.3) is 0 Å². The molecule has 1 aromatic heterocycles. The lowest BCUT2D eigenvalue weighted by molar-refractivity contribution is 0.572. The fourth-order valence-electron chi connectivity index (χ4n) is 2.16. The Labute approximate surface area is 108 Å². The van der Waals surface area contributed by atoms with Crippen LogP contribution in [0.5, 0.6) is 0 Å². The van der Waals surface area contributed by atoms with Crippen molar-refractivity contribution in [3.8, 4) is 0 Å². The van der Waals surface area contributed by atoms with Gasteiger partial charge in [0.05, 0.1) is 0 Å². The molecule has 4 nitrogen and oxygen atoms in total. The van der Waals surface area contributed by atoms with Crippen molar-refractivity contribution in [3.05, 3.63) is 12.3 Å². The first-order valence-corrected chi connectivity index (χ1v) is 6.55. The minimum atomic E-state index is 0.713. The van der Waals surface area contributed by atoms with E-state index in [2.05, 4.69) is 14.9 Å². The fraction of sp³-hybridized carbons (Fsp3) is 0.667. The van der Waals surface area contributed by atoms with Crippen molar-refractivity contribution in [2.75, 3.05) is 42.9 Å². The van der Waals surface area contributed by atoms with Crippen LogP contribution in [0.4, 0.5) is 11.8 Å². The third kappa shape index (κ3) is 3.00. The van der Waals surface area contributed by atoms with Gasteiger partial charge in [-0.2, -0.15) is 4.98 Å². The molecular weight excluding hydrogens is 236 g/mol. The van der Waals surface area contributed by atoms with E-state index in [0.29, 0.717) is 5.92 Å². The minimum Gasteiger partial charge on any atom is -0.356 e. The molecule has 0 N–H and O–H groups in total. The lowest BCUT2D eigenvalue weighted by Crippen LogP contribution is -2.22. The molecule has 1 unspecified atom stereocenters. The van der Waals surface area contributed by atoms with Crippen molar-refractivity contribution in [2.24, 2.45) is 5.92 Å². The summed E-state index contributed by atoms with van der Waals surface area (Å²) in [6.45, 7) is 2.14. The van der Waals surface area contributed by atoms with Crippen LogP contribution in [0.2, 0.25) is 0 Å². The monoisotopic (exact) mass is 254 g/mol. The minimum absolute atomic E-state index is 0.713. The normalized spacial score (nSPS) is 19.7. The van der Waals surface area contributed by atoms with Crippen molar-refractivity contribution in [1.29, 1.82) is 0 Å². The molecule has 0 aromatic carbocycles. The Morgan fingerprint density at radius 1 is 1.53 bits per heavy atom. The summed E-state index contributed by atoms with van der Waals surface area (Å²) in [5, 5.41) is 0. The quantitative estimate of drug-likeness (QED) is 0.770. The summed E-state index contributed by atoms with van der Waals surface area (Å²) in [6, 6.07) is 1.98. The highest BCUT2D eigenvalue weighted by molar-refractivity contribution is 6.17. The number of hydrogen-bond donors (Lipinski definition) is 0. The third-order valence-corrected chi connectivity index (χ3v) is 3.37. The summed E-state index contributed by atoms with van der Waals surface area (Å²) in [6.07, 6.45) is 4.14. The maximum atomic E-state index is 5.79. The molecule has 5 heteroatoms. The van der Waals surface area contributed by atoms with Gasteiger partial charge in [-0.15, -0.1) is 11.6 Å². The Morgan fingerprint density at radius 3 is 3.06 bits per heavy atom. The van der Waals surface area contributed by atoms with E-state index in [0.717, 1.165) is 37.2 Å². The number of hydrogen-bond acceptors (Lipinski definition) is 4. The van der Waals surface area contributed by atoms with Crippen LogP contribution in [-0.4, -0.2) is 43.0 Å². The smallest absolute Gasteiger partial charge is 0.226 e. The van der Waals surface area contributed by atoms with Gasteiger partial charge in [0.1, 0.15) is 5.82 Å². The van der Waals surface area contributed by atoms with Gasteiger partial charge in [0.15, 0.2) is 0 Å². The van der Waals surface area contributed by atoms with Crippen LogP contribution in [0.25, 0.3) is 0 Å². The van der Waals surface area contributed by atoms with E-state index in [-0.39, 0.29) is 0 Å². The van der Waals surface area contributed by atoms with E-state index in [1.54, 1.807) is 0 Å². The molecule has 94 valence electrons. The second kappa shape index (κ2) is 5.54. The fourth-order valence-corrected chi connectivity index (χ4v) is 2.47. The first-order valence-electron chi connectivity index (χ1n) is 6.02. The molecule has 1 saturated heterocycles. The summed E-state index contributed by atoms with van der Waals surface area (Å²) in [7, 11) is 3.92. The summed E-state index contributed by atoms with van der Waals surface area (Å²) >= 11 is 5.79. The molecule has 2 heterocycles. The van der Waals surface area contributed by atoms with Crippen LogP contribution in [0.15, 0.2) is 12.3 Å². The largest absolute Gasteiger partial charge is 0.356 e. The highest BCUT2D eigenvalue weighted by Gasteiger charge is 2.23. The summed E-state index contributed by atoms with van der Waals surface area (Å²) in [5.74, 6) is 3.26. The maximum absolute atomic E-state index is 5.79. The van der Waals surface area contributed by atoms with E-state index >= 15 is 0 Å². The molecule has 0 radical (unpaired) electrons. The van der Waals surface area contributed by atoms with Gasteiger partial charge >= 0.3 is 0 Å². The van der Waals surface area contributed by atoms with Crippen LogP contribution in [0.1, 0.15) is 12.8 Å². The Balaban J connectivity index is 2.05. The van der Waals surface area contributed by atoms with Gasteiger partial charge in [0.2, 0.25) is 5.95 Å². The van der Waals surface area contributed by atoms with Gasteiger partial charge in [-0.3, -0.25) is 0 Å². The van der Waals surface area contributed by atoms with Crippen LogP contribution in [0, 0.1) is 5.92 Å². The molecular formula is C12H19ClN4. The molecule has 2 rings (SSSR count). The second-order valence-electron chi connectivity index (χ2n) is 4.69. The molecule has 17 heavy (non-hydrogen) atoms. The SMILES string of the molecule is CN(C)c1nccc(N2CCC(CCCl)C2)n1. The highest BCUT2D eigenvalue weighted by Crippen LogP contribution is 2.25. The molecule has 0 saturated carbocycles. The van der Waals surface area contributed by atoms with Gasteiger partial charge in [0, 0.05) is 39.3 Å². The average molecular weight is 255 g/mol. The van der Waals surface area contributed by atoms with Crippen LogP contribution in [0.3, 0.4) is 0 Å². The Hall–Kier alpha value is -1.03. The molecule has 1 fully saturated rings. The first kappa shape index (κ1) is 12.4. The Kier molecular flexibility index (Phi) is 4.05. The number of rotatable bonds is 4. The van der Waals surface area contributed by atoms with E-state index in [9.17, 15) is 0 Å². The Bertz CT molecular complexity index is 369. The van der Waals surface area contributed by atoms with Crippen LogP contribution in [-0.2, 0) is 0 Å². The molecule has 0 amide bonds. The summed E-state index contributed by atoms with van der Waals surface area (Å²) in [5.41, 5.74) is 0. The maximum Gasteiger partial charge on any atom is 0.226 e. The van der Waals surface area contributed by atoms with Crippen LogP contribution < -0.4 is 9.80 Å². The van der Waals surface area contributed by atoms with E-state index in [1.165, 1.54) is 6.42 Å². The first-order chi connectivity index (χ1) is 8.20. The van der Waals surface area contributed by atoms with Gasteiger partial charge in [-0.05, 0) is 24.8 Å². The zero-order valence-electron chi connectivity index (χ0n) is 10.4. The molecule has 0 bridgehead atoms. The average Bonchev–Trinajstić information content (AvgIpc) is 2.78. The van der Waals surface area contributed by atoms with E-state index in [4.69, 9.17) is 11.6 Å². The number of aromatic nitrogens is 2. The van der Waals surface area contributed by atoms with Crippen LogP contribution >= 0.6 is 11.6 Å². The van der Waals surface area contributed by atoms with Crippen molar-refractivity contribution in [3.63, 3.8) is 0 Å². The molecule has 0 aliphatic carbocycles. The standard InChI is InChI=1S/C12H19ClN4/c1-16(2)12-14-7-4-11(15-12)17-8-5-10(9-17)3-6-13/h4,7,10H,3,5-6,8-9H2,1-2H3. The third-order valence-electron chi connectivity index (χ3n) is 3.16. The lowest BCUT2D eigenvalue weighted by Gasteiger charge is -2.19. The number of halogens is 1. The molecule has 1 aliphatic rings. The highest BCUT2D eigenvalue weighted by atomic mass is 35.5. The topological polar surface area (TPSA) is 32.3 Å². The zero-order valence-corrected chi connectivity index (χ0v) is 11.2. The van der Waals surface area contributed by atoms with Crippen molar-refractivity contribution in [2.45, 2.75) is 12.8 Å². The molecule has 1 aromatic rings. The van der Waals surface area contributed by atoms with Gasteiger partial charge < -0.3 is 9.80 Å². The van der Waals surface area contributed by atoms with Crippen molar-refractivity contribution < 1.29 is 0 Å². The van der Waals surface area contributed by atoms with E-state index < -0.39 is 0 Å². The molecule has 0 spiro atoms. The second-order valence-corrected chi connectivity index (χ2v) is 5.07. The molecule has 1 atom stereocenters. The zero-order chi connectivity index (χ0) is 12.3. The summed E-state index contributed by atoms with van der Waals surface area (Å²) < 4.78 is 0. The predicted molar refractivity (Wildman–Crippen MR) is 72.0 cm³/mol. The lowest BCUT2D eigenvalue weighted by atomic mass is 10.1. The van der Waals surface area contributed by atoms with Crippen molar-refractivity contribution in [1.82, 2.24) is 9.97 Å². The van der Waals surface area contributed by atoms with Crippen molar-refractivity contribution >= 4 is 23.4 Å². The predicted octanol–water partition coefficient (Wildman–Crippen LogP) is 2.00. The number of nitrogens with zero attached hydrogens (tertiary/aromatic N) is 4. The molecule has 1 aliphatic heterocycles. The van der Waals surface area contributed by atoms with E-state index in [1.807, 2.05) is 31.3 Å². The number of anilines is 2. The number of alkyl halides is 1. The Morgan fingerprint density at radius 2 is 2.35 bits per heavy atom. The van der Waals surface area contributed by atoms with Gasteiger partial charge in [-0.25, -0.2) is 4.98 Å². The summed E-state index contributed by atoms with van der Waals surface area (Å²) in [4.78, 5) is 13.0. The van der Waals surface area contributed by atoms with Gasteiger partial charge in [-0.1, -0.05) is 0 Å².